The van der Waals surface area contributed by atoms with Crippen LogP contribution < -0.4 is 10.1 Å². The van der Waals surface area contributed by atoms with E-state index in [0.29, 0.717) is 44.2 Å². The Morgan fingerprint density at radius 2 is 1.76 bits per heavy atom. The number of methoxy groups -OCH3 is 1. The van der Waals surface area contributed by atoms with Crippen molar-refractivity contribution in [3.05, 3.63) is 87.0 Å². The predicted octanol–water partition coefficient (Wildman–Crippen LogP) is 8.09. The molecule has 9 heteroatoms. The van der Waals surface area contributed by atoms with Gasteiger partial charge in [0.25, 0.3) is 5.91 Å². The molecule has 5 rings (SSSR count). The van der Waals surface area contributed by atoms with E-state index in [1.807, 2.05) is 18.2 Å². The van der Waals surface area contributed by atoms with Crippen LogP contribution in [-0.2, 0) is 0 Å². The Balaban J connectivity index is 1.36. The first-order valence-corrected chi connectivity index (χ1v) is 11.6. The van der Waals surface area contributed by atoms with E-state index in [0.717, 1.165) is 15.6 Å². The molecular weight excluding hydrogens is 543 g/mol. The molecule has 0 spiro atoms. The van der Waals surface area contributed by atoms with Crippen molar-refractivity contribution in [3.8, 4) is 28.5 Å². The normalized spacial score (nSPS) is 11.1. The summed E-state index contributed by atoms with van der Waals surface area (Å²) in [5.74, 6) is 1.44. The Bertz CT molecular complexity index is 1540. The summed E-state index contributed by atoms with van der Waals surface area (Å²) in [6.07, 6.45) is 0. The predicted molar refractivity (Wildman–Crippen MR) is 136 cm³/mol. The fourth-order valence-corrected chi connectivity index (χ4v) is 4.22. The van der Waals surface area contributed by atoms with Gasteiger partial charge in [-0.2, -0.15) is 0 Å². The van der Waals surface area contributed by atoms with Crippen molar-refractivity contribution in [2.75, 3.05) is 12.4 Å². The first-order valence-electron chi connectivity index (χ1n) is 10.0. The highest BCUT2D eigenvalue weighted by molar-refractivity contribution is 9.10. The highest BCUT2D eigenvalue weighted by Crippen LogP contribution is 2.33. The van der Waals surface area contributed by atoms with E-state index in [2.05, 4.69) is 26.2 Å². The van der Waals surface area contributed by atoms with Gasteiger partial charge in [0.2, 0.25) is 5.89 Å². The molecule has 5 aromatic rings. The molecule has 0 fully saturated rings. The second kappa shape index (κ2) is 9.18. The smallest absolute Gasteiger partial charge is 0.291 e. The third kappa shape index (κ3) is 4.42. The number of carbonyl (C=O) groups is 1. The van der Waals surface area contributed by atoms with Crippen LogP contribution in [0.4, 0.5) is 5.69 Å². The molecule has 34 heavy (non-hydrogen) atoms. The number of hydrogen-bond acceptors (Lipinski definition) is 5. The molecule has 0 aliphatic carbocycles. The zero-order valence-electron chi connectivity index (χ0n) is 17.6. The standard InChI is InChI=1S/C25H15BrCl2N2O4/c1-32-21-6-3-14(10-16(21)26)25-30-19-12-15(4-7-22(19)34-25)29-24(31)23-9-8-20(33-23)13-2-5-17(27)18(28)11-13/h2-12H,1H3,(H,29,31). The second-order valence-electron chi connectivity index (χ2n) is 7.30. The van der Waals surface area contributed by atoms with Gasteiger partial charge in [-0.3, -0.25) is 4.79 Å². The van der Waals surface area contributed by atoms with Crippen molar-refractivity contribution < 1.29 is 18.4 Å². The summed E-state index contributed by atoms with van der Waals surface area (Å²) in [5.41, 5.74) is 3.27. The fraction of sp³-hybridized carbons (Fsp3) is 0.0400. The summed E-state index contributed by atoms with van der Waals surface area (Å²) in [5, 5.41) is 3.67. The second-order valence-corrected chi connectivity index (χ2v) is 8.97. The molecule has 6 nitrogen and oxygen atoms in total. The van der Waals surface area contributed by atoms with Gasteiger partial charge >= 0.3 is 0 Å². The fourth-order valence-electron chi connectivity index (χ4n) is 3.39. The average Bonchev–Trinajstić information content (AvgIpc) is 3.48. The minimum atomic E-state index is -0.395. The van der Waals surface area contributed by atoms with Gasteiger partial charge < -0.3 is 18.9 Å². The van der Waals surface area contributed by atoms with Crippen LogP contribution in [0.3, 0.4) is 0 Å². The van der Waals surface area contributed by atoms with Gasteiger partial charge in [0, 0.05) is 16.8 Å². The maximum absolute atomic E-state index is 12.7. The number of carbonyl (C=O) groups excluding carboxylic acids is 1. The quantitative estimate of drug-likeness (QED) is 0.236. The van der Waals surface area contributed by atoms with Crippen LogP contribution in [0.25, 0.3) is 33.9 Å². The Hall–Kier alpha value is -3.26. The summed E-state index contributed by atoms with van der Waals surface area (Å²) in [4.78, 5) is 17.3. The van der Waals surface area contributed by atoms with Gasteiger partial charge in [0.15, 0.2) is 11.3 Å². The lowest BCUT2D eigenvalue weighted by Crippen LogP contribution is -2.10. The molecule has 0 saturated carbocycles. The molecule has 0 atom stereocenters. The van der Waals surface area contributed by atoms with Gasteiger partial charge in [0.1, 0.15) is 17.0 Å². The Kier molecular flexibility index (Phi) is 6.08. The van der Waals surface area contributed by atoms with Crippen LogP contribution >= 0.6 is 39.1 Å². The van der Waals surface area contributed by atoms with Crippen molar-refractivity contribution in [1.29, 1.82) is 0 Å². The van der Waals surface area contributed by atoms with Gasteiger partial charge in [-0.1, -0.05) is 23.2 Å². The van der Waals surface area contributed by atoms with E-state index in [9.17, 15) is 4.79 Å². The summed E-state index contributed by atoms with van der Waals surface area (Å²) in [6, 6.07) is 19.2. The highest BCUT2D eigenvalue weighted by atomic mass is 79.9. The number of amides is 1. The number of rotatable bonds is 5. The molecule has 0 saturated heterocycles. The molecule has 0 aliphatic rings. The maximum Gasteiger partial charge on any atom is 0.291 e. The number of nitrogens with one attached hydrogen (secondary N) is 1. The van der Waals surface area contributed by atoms with Gasteiger partial charge in [0.05, 0.1) is 21.6 Å². The number of anilines is 1. The molecule has 0 bridgehead atoms. The highest BCUT2D eigenvalue weighted by Gasteiger charge is 2.15. The molecular formula is C25H15BrCl2N2O4. The van der Waals surface area contributed by atoms with Crippen molar-refractivity contribution in [2.45, 2.75) is 0 Å². The van der Waals surface area contributed by atoms with E-state index in [1.54, 1.807) is 55.6 Å². The number of nitrogens with zero attached hydrogens (tertiary/aromatic N) is 1. The van der Waals surface area contributed by atoms with E-state index < -0.39 is 5.91 Å². The lowest BCUT2D eigenvalue weighted by Gasteiger charge is -2.03. The first kappa shape index (κ1) is 22.5. The van der Waals surface area contributed by atoms with Crippen molar-refractivity contribution >= 4 is 61.8 Å². The third-order valence-corrected chi connectivity index (χ3v) is 6.44. The summed E-state index contributed by atoms with van der Waals surface area (Å²) in [6.45, 7) is 0. The maximum atomic E-state index is 12.7. The van der Waals surface area contributed by atoms with E-state index in [1.165, 1.54) is 0 Å². The van der Waals surface area contributed by atoms with Crippen LogP contribution in [0.15, 0.2) is 80.0 Å². The molecule has 2 aromatic heterocycles. The molecule has 3 aromatic carbocycles. The van der Waals surface area contributed by atoms with E-state index >= 15 is 0 Å². The van der Waals surface area contributed by atoms with Crippen LogP contribution in [0.1, 0.15) is 10.6 Å². The van der Waals surface area contributed by atoms with E-state index in [-0.39, 0.29) is 5.76 Å². The van der Waals surface area contributed by atoms with Crippen LogP contribution in [0.5, 0.6) is 5.75 Å². The number of furan rings is 1. The number of fused-ring (bicyclic) bond motifs is 1. The summed E-state index contributed by atoms with van der Waals surface area (Å²) >= 11 is 15.5. The first-order chi connectivity index (χ1) is 16.4. The van der Waals surface area contributed by atoms with Gasteiger partial charge in [-0.05, 0) is 82.7 Å². The minimum absolute atomic E-state index is 0.157. The zero-order valence-corrected chi connectivity index (χ0v) is 20.7. The molecule has 0 unspecified atom stereocenters. The van der Waals surface area contributed by atoms with Crippen LogP contribution in [0.2, 0.25) is 10.0 Å². The van der Waals surface area contributed by atoms with Crippen molar-refractivity contribution in [3.63, 3.8) is 0 Å². The number of halogens is 3. The molecule has 1 N–H and O–H groups in total. The van der Waals surface area contributed by atoms with Gasteiger partial charge in [-0.25, -0.2) is 4.98 Å². The molecule has 170 valence electrons. The lowest BCUT2D eigenvalue weighted by atomic mass is 10.2. The number of ether oxygens (including phenoxy) is 1. The topological polar surface area (TPSA) is 77.5 Å². The Labute approximate surface area is 212 Å². The summed E-state index contributed by atoms with van der Waals surface area (Å²) in [7, 11) is 1.60. The third-order valence-electron chi connectivity index (χ3n) is 5.08. The largest absolute Gasteiger partial charge is 0.496 e. The molecule has 1 amide bonds. The van der Waals surface area contributed by atoms with Gasteiger partial charge in [-0.15, -0.1) is 0 Å². The summed E-state index contributed by atoms with van der Waals surface area (Å²) < 4.78 is 17.6. The van der Waals surface area contributed by atoms with Crippen LogP contribution in [-0.4, -0.2) is 18.0 Å². The number of hydrogen-bond donors (Lipinski definition) is 1. The van der Waals surface area contributed by atoms with E-state index in [4.69, 9.17) is 36.8 Å². The zero-order chi connectivity index (χ0) is 23.8. The Morgan fingerprint density at radius 3 is 2.53 bits per heavy atom. The molecule has 2 heterocycles. The molecule has 0 aliphatic heterocycles. The Morgan fingerprint density at radius 1 is 0.941 bits per heavy atom. The molecule has 0 radical (unpaired) electrons. The monoisotopic (exact) mass is 556 g/mol. The number of oxazole rings is 1. The lowest BCUT2D eigenvalue weighted by molar-refractivity contribution is 0.0997. The van der Waals surface area contributed by atoms with Crippen LogP contribution in [0, 0.1) is 0 Å². The SMILES string of the molecule is COc1ccc(-c2nc3cc(NC(=O)c4ccc(-c5ccc(Cl)c(Cl)c5)o4)ccc3o2)cc1Br. The minimum Gasteiger partial charge on any atom is -0.496 e. The number of aromatic nitrogens is 1. The average molecular weight is 558 g/mol. The van der Waals surface area contributed by atoms with Crippen molar-refractivity contribution in [2.24, 2.45) is 0 Å². The number of benzene rings is 3. The van der Waals surface area contributed by atoms with Crippen molar-refractivity contribution in [1.82, 2.24) is 4.98 Å².